The molecule has 1 aliphatic carbocycles. The number of pyridine rings is 1. The highest BCUT2D eigenvalue weighted by Gasteiger charge is 2.30. The summed E-state index contributed by atoms with van der Waals surface area (Å²) in [6.45, 7) is 1.89. The third kappa shape index (κ3) is 4.15. The minimum atomic E-state index is -3.75. The smallest absolute Gasteiger partial charge is 0.256 e. The van der Waals surface area contributed by atoms with Gasteiger partial charge in [0, 0.05) is 17.8 Å². The Labute approximate surface area is 146 Å². The zero-order valence-corrected chi connectivity index (χ0v) is 14.8. The topological polar surface area (TPSA) is 97.4 Å². The molecule has 1 heterocycles. The number of hydrogen-bond acceptors (Lipinski definition) is 5. The molecular formula is C17H19N3O4S. The molecule has 0 radical (unpaired) electrons. The van der Waals surface area contributed by atoms with E-state index in [1.54, 1.807) is 12.3 Å². The normalized spacial score (nSPS) is 14.2. The first-order chi connectivity index (χ1) is 11.9. The summed E-state index contributed by atoms with van der Waals surface area (Å²) in [5, 5.41) is 2.66. The highest BCUT2D eigenvalue weighted by atomic mass is 32.2. The summed E-state index contributed by atoms with van der Waals surface area (Å²) in [7, 11) is -2.36. The lowest BCUT2D eigenvalue weighted by atomic mass is 10.2. The van der Waals surface area contributed by atoms with Crippen LogP contribution in [-0.4, -0.2) is 32.5 Å². The maximum absolute atomic E-state index is 12.5. The van der Waals surface area contributed by atoms with E-state index in [0.29, 0.717) is 5.82 Å². The van der Waals surface area contributed by atoms with Gasteiger partial charge in [-0.3, -0.25) is 4.79 Å². The van der Waals surface area contributed by atoms with Crippen molar-refractivity contribution in [3.05, 3.63) is 47.7 Å². The minimum Gasteiger partial charge on any atom is -0.495 e. The lowest BCUT2D eigenvalue weighted by molar-refractivity contribution is 0.102. The van der Waals surface area contributed by atoms with Crippen LogP contribution < -0.4 is 14.8 Å². The summed E-state index contributed by atoms with van der Waals surface area (Å²) in [6.07, 6.45) is 3.23. The number of nitrogens with zero attached hydrogens (tertiary/aromatic N) is 1. The van der Waals surface area contributed by atoms with Gasteiger partial charge in [-0.25, -0.2) is 18.1 Å². The van der Waals surface area contributed by atoms with Crippen molar-refractivity contribution in [3.63, 3.8) is 0 Å². The highest BCUT2D eigenvalue weighted by molar-refractivity contribution is 7.89. The Balaban J connectivity index is 1.89. The zero-order valence-electron chi connectivity index (χ0n) is 13.9. The molecule has 25 heavy (non-hydrogen) atoms. The molecule has 8 heteroatoms. The number of anilines is 1. The van der Waals surface area contributed by atoms with E-state index < -0.39 is 15.9 Å². The average Bonchev–Trinajstić information content (AvgIpc) is 3.37. The average molecular weight is 361 g/mol. The van der Waals surface area contributed by atoms with Gasteiger partial charge in [-0.2, -0.15) is 0 Å². The second kappa shape index (κ2) is 6.81. The molecule has 1 amide bonds. The number of methoxy groups -OCH3 is 1. The Hall–Kier alpha value is -2.45. The van der Waals surface area contributed by atoms with Crippen LogP contribution in [0.3, 0.4) is 0 Å². The quantitative estimate of drug-likeness (QED) is 0.821. The van der Waals surface area contributed by atoms with E-state index in [1.807, 2.05) is 13.0 Å². The Morgan fingerprint density at radius 2 is 2.00 bits per heavy atom. The van der Waals surface area contributed by atoms with Crippen molar-refractivity contribution in [3.8, 4) is 5.75 Å². The third-order valence-corrected chi connectivity index (χ3v) is 5.31. The molecular weight excluding hydrogens is 342 g/mol. The van der Waals surface area contributed by atoms with Crippen LogP contribution in [-0.2, 0) is 10.0 Å². The molecule has 0 bridgehead atoms. The fourth-order valence-electron chi connectivity index (χ4n) is 2.31. The lowest BCUT2D eigenvalue weighted by Gasteiger charge is -2.12. The number of carbonyl (C=O) groups excluding carboxylic acids is 1. The lowest BCUT2D eigenvalue weighted by Crippen LogP contribution is -2.26. The Kier molecular flexibility index (Phi) is 4.73. The van der Waals surface area contributed by atoms with Crippen LogP contribution in [0.4, 0.5) is 5.82 Å². The molecule has 1 aromatic heterocycles. The largest absolute Gasteiger partial charge is 0.495 e. The summed E-state index contributed by atoms with van der Waals surface area (Å²) in [5.74, 6) is 0.156. The van der Waals surface area contributed by atoms with E-state index in [1.165, 1.54) is 25.3 Å². The van der Waals surface area contributed by atoms with Crippen molar-refractivity contribution in [2.24, 2.45) is 0 Å². The van der Waals surface area contributed by atoms with Crippen LogP contribution in [0.25, 0.3) is 0 Å². The van der Waals surface area contributed by atoms with Gasteiger partial charge in [-0.1, -0.05) is 0 Å². The summed E-state index contributed by atoms with van der Waals surface area (Å²) < 4.78 is 32.7. The molecule has 132 valence electrons. The maximum Gasteiger partial charge on any atom is 0.256 e. The Morgan fingerprint density at radius 3 is 2.64 bits per heavy atom. The van der Waals surface area contributed by atoms with Gasteiger partial charge in [0.25, 0.3) is 5.91 Å². The second-order valence-electron chi connectivity index (χ2n) is 5.93. The summed E-state index contributed by atoms with van der Waals surface area (Å²) >= 11 is 0. The number of rotatable bonds is 6. The van der Waals surface area contributed by atoms with Crippen molar-refractivity contribution in [2.75, 3.05) is 12.4 Å². The first-order valence-corrected chi connectivity index (χ1v) is 9.32. The fraction of sp³-hybridized carbons (Fsp3) is 0.294. The Morgan fingerprint density at radius 1 is 1.24 bits per heavy atom. The molecule has 7 nitrogen and oxygen atoms in total. The summed E-state index contributed by atoms with van der Waals surface area (Å²) in [4.78, 5) is 16.5. The number of carbonyl (C=O) groups is 1. The number of aryl methyl sites for hydroxylation is 1. The van der Waals surface area contributed by atoms with E-state index in [2.05, 4.69) is 15.0 Å². The molecule has 0 spiro atoms. The predicted molar refractivity (Wildman–Crippen MR) is 93.3 cm³/mol. The number of benzene rings is 1. The van der Waals surface area contributed by atoms with Crippen molar-refractivity contribution >= 4 is 21.7 Å². The van der Waals surface area contributed by atoms with Gasteiger partial charge in [0.1, 0.15) is 16.5 Å². The molecule has 3 rings (SSSR count). The molecule has 1 aliphatic rings. The van der Waals surface area contributed by atoms with Crippen LogP contribution in [0.1, 0.15) is 28.8 Å². The number of hydrogen-bond donors (Lipinski definition) is 2. The van der Waals surface area contributed by atoms with Gasteiger partial charge in [-0.05, 0) is 55.7 Å². The fourth-order valence-corrected chi connectivity index (χ4v) is 3.80. The van der Waals surface area contributed by atoms with Crippen LogP contribution >= 0.6 is 0 Å². The van der Waals surface area contributed by atoms with Crippen LogP contribution in [0, 0.1) is 6.92 Å². The monoisotopic (exact) mass is 361 g/mol. The SMILES string of the molecule is COc1ccc(C(=O)Nc2cc(C)ccn2)cc1S(=O)(=O)NC1CC1. The molecule has 2 aromatic rings. The number of aromatic nitrogens is 1. The van der Waals surface area contributed by atoms with Gasteiger partial charge in [0.15, 0.2) is 0 Å². The van der Waals surface area contributed by atoms with Crippen molar-refractivity contribution in [2.45, 2.75) is 30.7 Å². The molecule has 1 aromatic carbocycles. The number of nitrogens with one attached hydrogen (secondary N) is 2. The zero-order chi connectivity index (χ0) is 18.0. The summed E-state index contributed by atoms with van der Waals surface area (Å²) in [6, 6.07) is 7.81. The maximum atomic E-state index is 12.5. The molecule has 1 saturated carbocycles. The molecule has 0 unspecified atom stereocenters. The Bertz CT molecular complexity index is 908. The summed E-state index contributed by atoms with van der Waals surface area (Å²) in [5.41, 5.74) is 1.16. The molecule has 0 aliphatic heterocycles. The van der Waals surface area contributed by atoms with Gasteiger partial charge in [0.2, 0.25) is 10.0 Å². The van der Waals surface area contributed by atoms with E-state index in [4.69, 9.17) is 4.74 Å². The van der Waals surface area contributed by atoms with Crippen molar-refractivity contribution in [1.82, 2.24) is 9.71 Å². The third-order valence-electron chi connectivity index (χ3n) is 3.77. The first-order valence-electron chi connectivity index (χ1n) is 7.83. The van der Waals surface area contributed by atoms with Crippen LogP contribution in [0.15, 0.2) is 41.4 Å². The van der Waals surface area contributed by atoms with Gasteiger partial charge in [0.05, 0.1) is 7.11 Å². The number of amides is 1. The van der Waals surface area contributed by atoms with E-state index in [-0.39, 0.29) is 22.3 Å². The van der Waals surface area contributed by atoms with E-state index in [9.17, 15) is 13.2 Å². The second-order valence-corrected chi connectivity index (χ2v) is 7.62. The van der Waals surface area contributed by atoms with Crippen molar-refractivity contribution < 1.29 is 17.9 Å². The number of sulfonamides is 1. The molecule has 0 atom stereocenters. The molecule has 1 fully saturated rings. The van der Waals surface area contributed by atoms with Gasteiger partial charge < -0.3 is 10.1 Å². The highest BCUT2D eigenvalue weighted by Crippen LogP contribution is 2.28. The minimum absolute atomic E-state index is 0.0383. The predicted octanol–water partition coefficient (Wildman–Crippen LogP) is 2.09. The van der Waals surface area contributed by atoms with E-state index >= 15 is 0 Å². The van der Waals surface area contributed by atoms with Crippen molar-refractivity contribution in [1.29, 1.82) is 0 Å². The molecule has 2 N–H and O–H groups in total. The van der Waals surface area contributed by atoms with E-state index in [0.717, 1.165) is 18.4 Å². The number of ether oxygens (including phenoxy) is 1. The standard InChI is InChI=1S/C17H19N3O4S/c1-11-7-8-18-16(9-11)19-17(21)12-3-6-14(24-2)15(10-12)25(22,23)20-13-4-5-13/h3,6-10,13,20H,4-5H2,1-2H3,(H,18,19,21). The van der Waals surface area contributed by atoms with Gasteiger partial charge in [-0.15, -0.1) is 0 Å². The van der Waals surface area contributed by atoms with Crippen LogP contribution in [0.2, 0.25) is 0 Å². The first kappa shape index (κ1) is 17.4. The van der Waals surface area contributed by atoms with Crippen LogP contribution in [0.5, 0.6) is 5.75 Å². The van der Waals surface area contributed by atoms with Gasteiger partial charge >= 0.3 is 0 Å². The molecule has 0 saturated heterocycles.